The van der Waals surface area contributed by atoms with Crippen molar-refractivity contribution >= 4 is 36.9 Å². The van der Waals surface area contributed by atoms with E-state index in [9.17, 15) is 19.2 Å². The fourth-order valence-corrected chi connectivity index (χ4v) is 2.00. The minimum atomic E-state index is -2.14. The summed E-state index contributed by atoms with van der Waals surface area (Å²) in [6, 6.07) is 10.4. The SMILES string of the molecule is O=C(Nc1cc(F)c(B(O)O)cc1B(O)O)OCc1ccccc1. The Kier molecular flexibility index (Phi) is 5.93. The summed E-state index contributed by atoms with van der Waals surface area (Å²) < 4.78 is 18.7. The fourth-order valence-electron chi connectivity index (χ4n) is 2.00. The molecule has 0 aliphatic heterocycles. The summed E-state index contributed by atoms with van der Waals surface area (Å²) in [7, 11) is -4.20. The highest BCUT2D eigenvalue weighted by atomic mass is 19.1. The lowest BCUT2D eigenvalue weighted by Gasteiger charge is -2.13. The molecule has 0 radical (unpaired) electrons. The van der Waals surface area contributed by atoms with E-state index in [4.69, 9.17) is 14.8 Å². The van der Waals surface area contributed by atoms with Gasteiger partial charge in [0, 0.05) is 16.6 Å². The van der Waals surface area contributed by atoms with Crippen molar-refractivity contribution in [2.75, 3.05) is 5.32 Å². The summed E-state index contributed by atoms with van der Waals surface area (Å²) in [5.41, 5.74) is -0.387. The molecule has 10 heteroatoms. The fraction of sp³-hybridized carbons (Fsp3) is 0.0714. The van der Waals surface area contributed by atoms with Gasteiger partial charge in [0.05, 0.1) is 0 Å². The topological polar surface area (TPSA) is 119 Å². The van der Waals surface area contributed by atoms with Gasteiger partial charge in [-0.2, -0.15) is 0 Å². The van der Waals surface area contributed by atoms with Gasteiger partial charge in [0.15, 0.2) is 0 Å². The lowest BCUT2D eigenvalue weighted by atomic mass is 9.71. The average Bonchev–Trinajstić information content (AvgIpc) is 2.53. The highest BCUT2D eigenvalue weighted by molar-refractivity contribution is 6.64. The van der Waals surface area contributed by atoms with Crippen molar-refractivity contribution < 1.29 is 34.0 Å². The molecule has 0 unspecified atom stereocenters. The molecule has 0 saturated heterocycles. The van der Waals surface area contributed by atoms with Crippen LogP contribution in [0.3, 0.4) is 0 Å². The van der Waals surface area contributed by atoms with E-state index in [-0.39, 0.29) is 17.8 Å². The zero-order valence-corrected chi connectivity index (χ0v) is 12.4. The highest BCUT2D eigenvalue weighted by Crippen LogP contribution is 2.09. The molecule has 124 valence electrons. The summed E-state index contributed by atoms with van der Waals surface area (Å²) in [6.07, 6.45) is -0.933. The first-order chi connectivity index (χ1) is 11.4. The van der Waals surface area contributed by atoms with Crippen LogP contribution < -0.4 is 16.2 Å². The van der Waals surface area contributed by atoms with E-state index in [0.717, 1.165) is 17.7 Å². The van der Waals surface area contributed by atoms with Crippen molar-refractivity contribution in [2.24, 2.45) is 0 Å². The predicted molar refractivity (Wildman–Crippen MR) is 86.3 cm³/mol. The summed E-state index contributed by atoms with van der Waals surface area (Å²) in [4.78, 5) is 11.8. The maximum absolute atomic E-state index is 13.8. The van der Waals surface area contributed by atoms with Gasteiger partial charge >= 0.3 is 20.3 Å². The third-order valence-corrected chi connectivity index (χ3v) is 3.17. The molecule has 0 saturated carbocycles. The molecule has 7 nitrogen and oxygen atoms in total. The Balaban J connectivity index is 2.13. The van der Waals surface area contributed by atoms with Crippen LogP contribution in [-0.2, 0) is 11.3 Å². The van der Waals surface area contributed by atoms with E-state index in [1.165, 1.54) is 0 Å². The lowest BCUT2D eigenvalue weighted by molar-refractivity contribution is 0.155. The Morgan fingerprint density at radius 1 is 1.04 bits per heavy atom. The molecule has 2 rings (SSSR count). The molecule has 0 aliphatic carbocycles. The zero-order valence-electron chi connectivity index (χ0n) is 12.4. The number of halogens is 1. The average molecular weight is 333 g/mol. The second-order valence-corrected chi connectivity index (χ2v) is 4.90. The molecule has 5 N–H and O–H groups in total. The number of amides is 1. The normalized spacial score (nSPS) is 10.2. The van der Waals surface area contributed by atoms with Gasteiger partial charge in [-0.25, -0.2) is 9.18 Å². The van der Waals surface area contributed by atoms with Crippen LogP contribution in [0.4, 0.5) is 14.9 Å². The highest BCUT2D eigenvalue weighted by Gasteiger charge is 2.25. The molecule has 2 aromatic carbocycles. The van der Waals surface area contributed by atoms with E-state index < -0.39 is 31.6 Å². The molecular weight excluding hydrogens is 319 g/mol. The third kappa shape index (κ3) is 4.56. The molecule has 1 amide bonds. The van der Waals surface area contributed by atoms with E-state index in [1.807, 2.05) is 0 Å². The number of benzene rings is 2. The van der Waals surface area contributed by atoms with Crippen molar-refractivity contribution in [3.63, 3.8) is 0 Å². The Labute approximate surface area is 137 Å². The van der Waals surface area contributed by atoms with Crippen LogP contribution in [0.15, 0.2) is 42.5 Å². The number of rotatable bonds is 5. The maximum Gasteiger partial charge on any atom is 0.491 e. The first-order valence-corrected chi connectivity index (χ1v) is 6.91. The smallest absolute Gasteiger partial charge is 0.444 e. The van der Waals surface area contributed by atoms with Crippen molar-refractivity contribution in [1.82, 2.24) is 0 Å². The zero-order chi connectivity index (χ0) is 17.7. The van der Waals surface area contributed by atoms with E-state index in [2.05, 4.69) is 5.32 Å². The second-order valence-electron chi connectivity index (χ2n) is 4.90. The Morgan fingerprint density at radius 2 is 1.67 bits per heavy atom. The third-order valence-electron chi connectivity index (χ3n) is 3.17. The molecule has 0 heterocycles. The molecule has 2 aromatic rings. The number of hydrogen-bond donors (Lipinski definition) is 5. The molecular formula is C14H14B2FNO6. The van der Waals surface area contributed by atoms with Crippen LogP contribution in [0.25, 0.3) is 0 Å². The maximum atomic E-state index is 13.8. The van der Waals surface area contributed by atoms with Crippen molar-refractivity contribution in [2.45, 2.75) is 6.61 Å². The van der Waals surface area contributed by atoms with Crippen molar-refractivity contribution in [3.05, 3.63) is 53.8 Å². The molecule has 0 aliphatic rings. The minimum absolute atomic E-state index is 0.0282. The van der Waals surface area contributed by atoms with Gasteiger partial charge in [-0.3, -0.25) is 5.32 Å². The lowest BCUT2D eigenvalue weighted by Crippen LogP contribution is -2.41. The summed E-state index contributed by atoms with van der Waals surface area (Å²) in [6.45, 7) is -0.0282. The van der Waals surface area contributed by atoms with E-state index >= 15 is 0 Å². The van der Waals surface area contributed by atoms with Gasteiger partial charge < -0.3 is 24.8 Å². The van der Waals surface area contributed by atoms with Crippen LogP contribution in [0.2, 0.25) is 0 Å². The van der Waals surface area contributed by atoms with Crippen LogP contribution in [0, 0.1) is 5.82 Å². The number of nitrogens with one attached hydrogen (secondary N) is 1. The number of carbonyl (C=O) groups excluding carboxylic acids is 1. The molecule has 0 bridgehead atoms. The Bertz CT molecular complexity index is 714. The Hall–Kier alpha value is -2.39. The quantitative estimate of drug-likeness (QED) is 0.445. The largest absolute Gasteiger partial charge is 0.491 e. The van der Waals surface area contributed by atoms with Crippen molar-refractivity contribution in [3.8, 4) is 0 Å². The standard InChI is InChI=1S/C14H14B2FNO6/c17-12-7-13(11(16(22)23)6-10(12)15(20)21)18-14(19)24-8-9-4-2-1-3-5-9/h1-7,20-23H,8H2,(H,18,19). The molecule has 0 aromatic heterocycles. The van der Waals surface area contributed by atoms with Crippen LogP contribution in [0.5, 0.6) is 0 Å². The minimum Gasteiger partial charge on any atom is -0.444 e. The molecule has 24 heavy (non-hydrogen) atoms. The number of carbonyl (C=O) groups is 1. The van der Waals surface area contributed by atoms with E-state index in [0.29, 0.717) is 0 Å². The first kappa shape index (κ1) is 18.0. The van der Waals surface area contributed by atoms with Gasteiger partial charge in [0.1, 0.15) is 12.4 Å². The second kappa shape index (κ2) is 7.93. The summed E-state index contributed by atoms with van der Waals surface area (Å²) >= 11 is 0. The molecule has 0 fully saturated rings. The Morgan fingerprint density at radius 3 is 2.25 bits per heavy atom. The summed E-state index contributed by atoms with van der Waals surface area (Å²) in [5, 5.41) is 38.9. The number of hydrogen-bond acceptors (Lipinski definition) is 6. The van der Waals surface area contributed by atoms with Crippen LogP contribution in [0.1, 0.15) is 5.56 Å². The first-order valence-electron chi connectivity index (χ1n) is 6.91. The number of ether oxygens (including phenoxy) is 1. The molecule has 0 atom stereocenters. The van der Waals surface area contributed by atoms with Gasteiger partial charge in [-0.05, 0) is 11.6 Å². The van der Waals surface area contributed by atoms with Gasteiger partial charge in [0.2, 0.25) is 0 Å². The van der Waals surface area contributed by atoms with Crippen LogP contribution >= 0.6 is 0 Å². The molecule has 0 spiro atoms. The van der Waals surface area contributed by atoms with Gasteiger partial charge in [-0.1, -0.05) is 36.4 Å². The van der Waals surface area contributed by atoms with Gasteiger partial charge in [-0.15, -0.1) is 0 Å². The van der Waals surface area contributed by atoms with Gasteiger partial charge in [0.25, 0.3) is 0 Å². The van der Waals surface area contributed by atoms with Crippen molar-refractivity contribution in [1.29, 1.82) is 0 Å². The number of anilines is 1. The summed E-state index contributed by atoms with van der Waals surface area (Å²) in [5.74, 6) is -1.03. The predicted octanol–water partition coefficient (Wildman–Crippen LogP) is -1.07. The van der Waals surface area contributed by atoms with E-state index in [1.54, 1.807) is 30.3 Å². The van der Waals surface area contributed by atoms with Crippen LogP contribution in [-0.4, -0.2) is 40.4 Å². The monoisotopic (exact) mass is 333 g/mol.